The molecule has 0 heterocycles. The van der Waals surface area contributed by atoms with Gasteiger partial charge < -0.3 is 5.11 Å². The van der Waals surface area contributed by atoms with Gasteiger partial charge in [-0.25, -0.2) is 8.42 Å². The van der Waals surface area contributed by atoms with Crippen molar-refractivity contribution in [3.63, 3.8) is 0 Å². The van der Waals surface area contributed by atoms with Crippen LogP contribution in [0, 0.1) is 0 Å². The Labute approximate surface area is 105 Å². The Hall–Kier alpha value is -1.69. The average molecular weight is 270 g/mol. The molecule has 0 radical (unpaired) electrons. The number of hydrogen-bond donors (Lipinski definition) is 1. The minimum Gasteiger partial charge on any atom is -0.481 e. The summed E-state index contributed by atoms with van der Waals surface area (Å²) >= 11 is 0. The first kappa shape index (κ1) is 14.4. The quantitative estimate of drug-likeness (QED) is 0.864. The van der Waals surface area contributed by atoms with Crippen LogP contribution in [0.15, 0.2) is 29.2 Å². The van der Waals surface area contributed by atoms with Gasteiger partial charge in [-0.2, -0.15) is 0 Å². The van der Waals surface area contributed by atoms with Crippen LogP contribution in [-0.4, -0.2) is 30.5 Å². The molecule has 1 unspecified atom stereocenters. The minimum atomic E-state index is -3.68. The van der Waals surface area contributed by atoms with Crippen molar-refractivity contribution in [2.24, 2.45) is 0 Å². The molecule has 18 heavy (non-hydrogen) atoms. The largest absolute Gasteiger partial charge is 0.481 e. The predicted octanol–water partition coefficient (Wildman–Crippen LogP) is 1.06. The Bertz CT molecular complexity index is 557. The smallest absolute Gasteiger partial charge is 0.307 e. The number of carboxylic acids is 1. The van der Waals surface area contributed by atoms with Crippen molar-refractivity contribution in [2.45, 2.75) is 30.4 Å². The zero-order chi connectivity index (χ0) is 13.9. The van der Waals surface area contributed by atoms with E-state index < -0.39 is 26.8 Å². The molecule has 1 rings (SSSR count). The lowest BCUT2D eigenvalue weighted by Crippen LogP contribution is -2.25. The van der Waals surface area contributed by atoms with Crippen molar-refractivity contribution < 1.29 is 23.1 Å². The first-order chi connectivity index (χ1) is 8.25. The van der Waals surface area contributed by atoms with Gasteiger partial charge >= 0.3 is 5.97 Å². The highest BCUT2D eigenvalue weighted by atomic mass is 32.2. The van der Waals surface area contributed by atoms with Crippen LogP contribution in [0.1, 0.15) is 19.4 Å². The van der Waals surface area contributed by atoms with E-state index in [1.54, 1.807) is 0 Å². The van der Waals surface area contributed by atoms with Crippen molar-refractivity contribution in [3.05, 3.63) is 29.8 Å². The molecule has 0 amide bonds. The number of benzene rings is 1. The zero-order valence-electron chi connectivity index (χ0n) is 10.1. The highest BCUT2D eigenvalue weighted by Crippen LogP contribution is 2.17. The van der Waals surface area contributed by atoms with Crippen LogP contribution in [0.3, 0.4) is 0 Å². The number of carbonyl (C=O) groups is 2. The third kappa shape index (κ3) is 3.16. The van der Waals surface area contributed by atoms with Gasteiger partial charge in [-0.15, -0.1) is 0 Å². The number of aliphatic carboxylic acids is 1. The molecule has 0 spiro atoms. The Kier molecular flexibility index (Phi) is 4.24. The van der Waals surface area contributed by atoms with Gasteiger partial charge in [0.25, 0.3) is 0 Å². The molecule has 0 saturated carbocycles. The maximum atomic E-state index is 12.0. The fraction of sp³-hybridized carbons (Fsp3) is 0.333. The standard InChI is InChI=1S/C12H14O5S/c1-8(13)9(2)18(16,17)11-5-3-10(4-6-11)7-12(14)15/h3-6,9H,7H2,1-2H3,(H,14,15). The highest BCUT2D eigenvalue weighted by Gasteiger charge is 2.26. The van der Waals surface area contributed by atoms with Crippen LogP contribution in [0.4, 0.5) is 0 Å². The lowest BCUT2D eigenvalue weighted by Gasteiger charge is -2.10. The van der Waals surface area contributed by atoms with Gasteiger partial charge in [-0.05, 0) is 31.5 Å². The average Bonchev–Trinajstić information content (AvgIpc) is 2.27. The normalized spacial score (nSPS) is 13.0. The summed E-state index contributed by atoms with van der Waals surface area (Å²) in [6, 6.07) is 5.53. The van der Waals surface area contributed by atoms with E-state index in [-0.39, 0.29) is 11.3 Å². The zero-order valence-corrected chi connectivity index (χ0v) is 10.9. The molecule has 5 nitrogen and oxygen atoms in total. The van der Waals surface area contributed by atoms with Gasteiger partial charge in [0.15, 0.2) is 9.84 Å². The summed E-state index contributed by atoms with van der Waals surface area (Å²) in [4.78, 5) is 21.6. The first-order valence-electron chi connectivity index (χ1n) is 5.30. The molecule has 0 aromatic heterocycles. The molecule has 0 bridgehead atoms. The van der Waals surface area contributed by atoms with E-state index in [4.69, 9.17) is 5.11 Å². The van der Waals surface area contributed by atoms with Gasteiger partial charge in [-0.1, -0.05) is 12.1 Å². The number of carbonyl (C=O) groups excluding carboxylic acids is 1. The fourth-order valence-corrected chi connectivity index (χ4v) is 2.75. The number of carboxylic acid groups (broad SMARTS) is 1. The Balaban J connectivity index is 3.05. The molecular weight excluding hydrogens is 256 g/mol. The molecule has 0 aliphatic carbocycles. The van der Waals surface area contributed by atoms with Crippen molar-refractivity contribution in [2.75, 3.05) is 0 Å². The van der Waals surface area contributed by atoms with E-state index in [0.717, 1.165) is 0 Å². The number of ketones is 1. The topological polar surface area (TPSA) is 88.5 Å². The van der Waals surface area contributed by atoms with E-state index in [1.807, 2.05) is 0 Å². The van der Waals surface area contributed by atoms with E-state index in [2.05, 4.69) is 0 Å². The summed E-state index contributed by atoms with van der Waals surface area (Å²) in [7, 11) is -3.68. The van der Waals surface area contributed by atoms with E-state index in [1.165, 1.54) is 38.1 Å². The molecule has 1 N–H and O–H groups in total. The van der Waals surface area contributed by atoms with Crippen LogP contribution in [0.2, 0.25) is 0 Å². The minimum absolute atomic E-state index is 0.0272. The molecule has 6 heteroatoms. The third-order valence-electron chi connectivity index (χ3n) is 2.65. The van der Waals surface area contributed by atoms with Gasteiger partial charge in [0.2, 0.25) is 0 Å². The van der Waals surface area contributed by atoms with Crippen LogP contribution in [-0.2, 0) is 25.8 Å². The molecule has 1 atom stereocenters. The van der Waals surface area contributed by atoms with Crippen molar-refractivity contribution in [3.8, 4) is 0 Å². The van der Waals surface area contributed by atoms with Gasteiger partial charge in [0.05, 0.1) is 11.3 Å². The van der Waals surface area contributed by atoms with Crippen molar-refractivity contribution in [1.29, 1.82) is 0 Å². The Morgan fingerprint density at radius 1 is 1.22 bits per heavy atom. The van der Waals surface area contributed by atoms with Gasteiger partial charge in [0.1, 0.15) is 11.0 Å². The molecular formula is C12H14O5S. The fourth-order valence-electron chi connectivity index (χ4n) is 1.39. The molecule has 0 aliphatic heterocycles. The highest BCUT2D eigenvalue weighted by molar-refractivity contribution is 7.92. The molecule has 1 aromatic carbocycles. The molecule has 0 saturated heterocycles. The number of sulfone groups is 1. The van der Waals surface area contributed by atoms with Gasteiger partial charge in [-0.3, -0.25) is 9.59 Å². The predicted molar refractivity (Wildman–Crippen MR) is 65.1 cm³/mol. The molecule has 1 aromatic rings. The van der Waals surface area contributed by atoms with E-state index >= 15 is 0 Å². The van der Waals surface area contributed by atoms with Crippen LogP contribution in [0.25, 0.3) is 0 Å². The van der Waals surface area contributed by atoms with Crippen LogP contribution < -0.4 is 0 Å². The maximum absolute atomic E-state index is 12.0. The molecule has 0 fully saturated rings. The third-order valence-corrected chi connectivity index (χ3v) is 4.84. The summed E-state index contributed by atoms with van der Waals surface area (Å²) in [6.07, 6.45) is -0.164. The number of Topliss-reactive ketones (excluding diaryl/α,β-unsaturated/α-hetero) is 1. The monoisotopic (exact) mass is 270 g/mol. The summed E-state index contributed by atoms with van der Waals surface area (Å²) in [5.41, 5.74) is 0.511. The Morgan fingerprint density at radius 2 is 1.72 bits per heavy atom. The summed E-state index contributed by atoms with van der Waals surface area (Å²) in [5.74, 6) is -1.41. The van der Waals surface area contributed by atoms with Crippen molar-refractivity contribution >= 4 is 21.6 Å². The summed E-state index contributed by atoms with van der Waals surface area (Å²) < 4.78 is 23.9. The lowest BCUT2D eigenvalue weighted by molar-refractivity contribution is -0.136. The maximum Gasteiger partial charge on any atom is 0.307 e. The number of hydrogen-bond acceptors (Lipinski definition) is 4. The second-order valence-electron chi connectivity index (χ2n) is 4.01. The lowest BCUT2D eigenvalue weighted by atomic mass is 10.2. The molecule has 0 aliphatic rings. The Morgan fingerprint density at radius 3 is 2.11 bits per heavy atom. The summed E-state index contributed by atoms with van der Waals surface area (Å²) in [6.45, 7) is 2.56. The first-order valence-corrected chi connectivity index (χ1v) is 6.85. The summed E-state index contributed by atoms with van der Waals surface area (Å²) in [5, 5.41) is 7.50. The molecule has 98 valence electrons. The SMILES string of the molecule is CC(=O)C(C)S(=O)(=O)c1ccc(CC(=O)O)cc1. The van der Waals surface area contributed by atoms with Gasteiger partial charge in [0, 0.05) is 0 Å². The second kappa shape index (κ2) is 5.30. The van der Waals surface area contributed by atoms with E-state index in [0.29, 0.717) is 5.56 Å². The number of rotatable bonds is 5. The van der Waals surface area contributed by atoms with Crippen LogP contribution in [0.5, 0.6) is 0 Å². The van der Waals surface area contributed by atoms with Crippen molar-refractivity contribution in [1.82, 2.24) is 0 Å². The van der Waals surface area contributed by atoms with E-state index in [9.17, 15) is 18.0 Å². The van der Waals surface area contributed by atoms with Crippen LogP contribution >= 0.6 is 0 Å². The second-order valence-corrected chi connectivity index (χ2v) is 6.28.